The van der Waals surface area contributed by atoms with E-state index in [0.717, 1.165) is 19.5 Å². The molecule has 0 amide bonds. The zero-order valence-corrected chi connectivity index (χ0v) is 7.47. The van der Waals surface area contributed by atoms with Crippen LogP contribution in [0.15, 0.2) is 12.3 Å². The van der Waals surface area contributed by atoms with E-state index in [1.165, 1.54) is 5.69 Å². The lowest BCUT2D eigenvalue weighted by Gasteiger charge is -2.00. The maximum absolute atomic E-state index is 5.35. The molecule has 0 aromatic carbocycles. The first kappa shape index (κ1) is 10.5. The Morgan fingerprint density at radius 1 is 1.64 bits per heavy atom. The summed E-state index contributed by atoms with van der Waals surface area (Å²) >= 11 is 0. The SMILES string of the molecule is Cc1ccnn1CCCN.Cl. The largest absolute Gasteiger partial charge is 0.330 e. The Balaban J connectivity index is 0.000001000. The maximum Gasteiger partial charge on any atom is 0.0492 e. The summed E-state index contributed by atoms with van der Waals surface area (Å²) in [6.45, 7) is 3.72. The van der Waals surface area contributed by atoms with Crippen LogP contribution in [0, 0.1) is 6.92 Å². The fourth-order valence-electron chi connectivity index (χ4n) is 0.874. The number of nitrogens with zero attached hydrogens (tertiary/aromatic N) is 2. The molecule has 1 aromatic heterocycles. The quantitative estimate of drug-likeness (QED) is 0.744. The lowest BCUT2D eigenvalue weighted by molar-refractivity contribution is 0.571. The monoisotopic (exact) mass is 175 g/mol. The molecule has 1 aromatic rings. The summed E-state index contributed by atoms with van der Waals surface area (Å²) in [5, 5.41) is 4.11. The normalized spacial score (nSPS) is 9.27. The molecular formula is C7H14ClN3. The number of aryl methyl sites for hydroxylation is 2. The van der Waals surface area contributed by atoms with Gasteiger partial charge < -0.3 is 5.73 Å². The molecule has 3 nitrogen and oxygen atoms in total. The third-order valence-electron chi connectivity index (χ3n) is 1.50. The Morgan fingerprint density at radius 3 is 2.82 bits per heavy atom. The standard InChI is InChI=1S/C7H13N3.ClH/c1-7-3-5-9-10(7)6-2-4-8;/h3,5H,2,4,6,8H2,1H3;1H. The highest BCUT2D eigenvalue weighted by atomic mass is 35.5. The van der Waals surface area contributed by atoms with E-state index in [1.54, 1.807) is 0 Å². The van der Waals surface area contributed by atoms with Crippen molar-refractivity contribution in [1.82, 2.24) is 9.78 Å². The summed E-state index contributed by atoms with van der Waals surface area (Å²) in [5.74, 6) is 0. The summed E-state index contributed by atoms with van der Waals surface area (Å²) in [6, 6.07) is 2.00. The Kier molecular flexibility index (Phi) is 4.90. The zero-order valence-electron chi connectivity index (χ0n) is 6.66. The number of hydrogen-bond acceptors (Lipinski definition) is 2. The summed E-state index contributed by atoms with van der Waals surface area (Å²) in [4.78, 5) is 0. The zero-order chi connectivity index (χ0) is 7.40. The highest BCUT2D eigenvalue weighted by Crippen LogP contribution is 1.95. The molecule has 0 bridgehead atoms. The summed E-state index contributed by atoms with van der Waals surface area (Å²) in [5.41, 5.74) is 6.56. The van der Waals surface area contributed by atoms with Crippen molar-refractivity contribution in [2.24, 2.45) is 5.73 Å². The fourth-order valence-corrected chi connectivity index (χ4v) is 0.874. The molecule has 2 N–H and O–H groups in total. The van der Waals surface area contributed by atoms with Gasteiger partial charge in [0.15, 0.2) is 0 Å². The van der Waals surface area contributed by atoms with E-state index in [9.17, 15) is 0 Å². The van der Waals surface area contributed by atoms with E-state index in [1.807, 2.05) is 23.9 Å². The van der Waals surface area contributed by atoms with Crippen molar-refractivity contribution in [3.63, 3.8) is 0 Å². The number of rotatable bonds is 3. The predicted molar refractivity (Wildman–Crippen MR) is 47.9 cm³/mol. The van der Waals surface area contributed by atoms with Crippen molar-refractivity contribution in [1.29, 1.82) is 0 Å². The Bertz CT molecular complexity index is 197. The van der Waals surface area contributed by atoms with Crippen LogP contribution in [0.25, 0.3) is 0 Å². The minimum absolute atomic E-state index is 0. The van der Waals surface area contributed by atoms with Gasteiger partial charge in [-0.15, -0.1) is 12.4 Å². The average Bonchev–Trinajstić information content (AvgIpc) is 2.31. The highest BCUT2D eigenvalue weighted by Gasteiger charge is 1.93. The van der Waals surface area contributed by atoms with Gasteiger partial charge in [0.2, 0.25) is 0 Å². The fraction of sp³-hybridized carbons (Fsp3) is 0.571. The van der Waals surface area contributed by atoms with Crippen LogP contribution in [0.3, 0.4) is 0 Å². The van der Waals surface area contributed by atoms with Crippen LogP contribution >= 0.6 is 12.4 Å². The Labute approximate surface area is 73.0 Å². The number of nitrogens with two attached hydrogens (primary N) is 1. The van der Waals surface area contributed by atoms with Crippen molar-refractivity contribution < 1.29 is 0 Å². The van der Waals surface area contributed by atoms with Gasteiger partial charge in [0.05, 0.1) is 0 Å². The van der Waals surface area contributed by atoms with Crippen LogP contribution in [-0.4, -0.2) is 16.3 Å². The van der Waals surface area contributed by atoms with Crippen LogP contribution in [0.4, 0.5) is 0 Å². The predicted octanol–water partition coefficient (Wildman–Crippen LogP) is 0.962. The van der Waals surface area contributed by atoms with Gasteiger partial charge in [-0.1, -0.05) is 0 Å². The second-order valence-corrected chi connectivity index (χ2v) is 2.34. The summed E-state index contributed by atoms with van der Waals surface area (Å²) in [7, 11) is 0. The van der Waals surface area contributed by atoms with E-state index in [4.69, 9.17) is 5.73 Å². The molecule has 4 heteroatoms. The van der Waals surface area contributed by atoms with Crippen LogP contribution in [0.1, 0.15) is 12.1 Å². The summed E-state index contributed by atoms with van der Waals surface area (Å²) < 4.78 is 1.97. The molecule has 0 fully saturated rings. The van der Waals surface area contributed by atoms with Crippen molar-refractivity contribution >= 4 is 12.4 Å². The molecule has 1 heterocycles. The topological polar surface area (TPSA) is 43.8 Å². The molecule has 0 saturated carbocycles. The molecule has 0 spiro atoms. The maximum atomic E-state index is 5.35. The second-order valence-electron chi connectivity index (χ2n) is 2.34. The average molecular weight is 176 g/mol. The molecule has 0 radical (unpaired) electrons. The molecule has 0 unspecified atom stereocenters. The second kappa shape index (κ2) is 5.16. The van der Waals surface area contributed by atoms with Gasteiger partial charge in [-0.2, -0.15) is 5.10 Å². The first-order chi connectivity index (χ1) is 4.84. The first-order valence-corrected chi connectivity index (χ1v) is 3.53. The molecule has 0 aliphatic heterocycles. The highest BCUT2D eigenvalue weighted by molar-refractivity contribution is 5.85. The molecule has 64 valence electrons. The number of hydrogen-bond donors (Lipinski definition) is 1. The molecule has 1 rings (SSSR count). The van der Waals surface area contributed by atoms with Crippen molar-refractivity contribution in [3.05, 3.63) is 18.0 Å². The van der Waals surface area contributed by atoms with Gasteiger partial charge in [0.25, 0.3) is 0 Å². The third kappa shape index (κ3) is 2.91. The summed E-state index contributed by atoms with van der Waals surface area (Å²) in [6.07, 6.45) is 2.81. The smallest absolute Gasteiger partial charge is 0.0492 e. The lowest BCUT2D eigenvalue weighted by Crippen LogP contribution is -2.07. The van der Waals surface area contributed by atoms with Crippen LogP contribution < -0.4 is 5.73 Å². The van der Waals surface area contributed by atoms with Gasteiger partial charge >= 0.3 is 0 Å². The Morgan fingerprint density at radius 2 is 2.36 bits per heavy atom. The minimum atomic E-state index is 0. The van der Waals surface area contributed by atoms with E-state index >= 15 is 0 Å². The Hall–Kier alpha value is -0.540. The third-order valence-corrected chi connectivity index (χ3v) is 1.50. The molecule has 0 aliphatic rings. The molecule has 0 saturated heterocycles. The van der Waals surface area contributed by atoms with Gasteiger partial charge in [0.1, 0.15) is 0 Å². The molecule has 11 heavy (non-hydrogen) atoms. The van der Waals surface area contributed by atoms with Crippen LogP contribution in [-0.2, 0) is 6.54 Å². The lowest BCUT2D eigenvalue weighted by atomic mass is 10.4. The molecular weight excluding hydrogens is 162 g/mol. The number of aromatic nitrogens is 2. The molecule has 0 atom stereocenters. The van der Waals surface area contributed by atoms with Crippen molar-refractivity contribution in [2.75, 3.05) is 6.54 Å². The van der Waals surface area contributed by atoms with Gasteiger partial charge in [0, 0.05) is 18.4 Å². The van der Waals surface area contributed by atoms with Crippen molar-refractivity contribution in [3.8, 4) is 0 Å². The van der Waals surface area contributed by atoms with Gasteiger partial charge in [-0.3, -0.25) is 4.68 Å². The van der Waals surface area contributed by atoms with Gasteiger partial charge in [-0.05, 0) is 26.0 Å². The van der Waals surface area contributed by atoms with E-state index in [-0.39, 0.29) is 12.4 Å². The van der Waals surface area contributed by atoms with Gasteiger partial charge in [-0.25, -0.2) is 0 Å². The molecule has 0 aliphatic carbocycles. The van der Waals surface area contributed by atoms with E-state index in [2.05, 4.69) is 5.10 Å². The van der Waals surface area contributed by atoms with E-state index < -0.39 is 0 Å². The first-order valence-electron chi connectivity index (χ1n) is 3.53. The van der Waals surface area contributed by atoms with Crippen LogP contribution in [0.5, 0.6) is 0 Å². The minimum Gasteiger partial charge on any atom is -0.330 e. The van der Waals surface area contributed by atoms with Crippen molar-refractivity contribution in [2.45, 2.75) is 19.9 Å². The number of halogens is 1. The van der Waals surface area contributed by atoms with E-state index in [0.29, 0.717) is 0 Å². The van der Waals surface area contributed by atoms with Crippen LogP contribution in [0.2, 0.25) is 0 Å².